The zero-order chi connectivity index (χ0) is 20.8. The van der Waals surface area contributed by atoms with Gasteiger partial charge in [0.15, 0.2) is 0 Å². The fourth-order valence-electron chi connectivity index (χ4n) is 3.91. The summed E-state index contributed by atoms with van der Waals surface area (Å²) in [5.41, 5.74) is 0.665. The van der Waals surface area contributed by atoms with Crippen molar-refractivity contribution in [1.29, 1.82) is 0 Å². The monoisotopic (exact) mass is 416 g/mol. The number of hydrogen-bond donors (Lipinski definition) is 0. The molecule has 0 amide bonds. The van der Waals surface area contributed by atoms with Crippen LogP contribution in [0.5, 0.6) is 0 Å². The van der Waals surface area contributed by atoms with Crippen LogP contribution in [-0.4, -0.2) is 0 Å². The summed E-state index contributed by atoms with van der Waals surface area (Å²) in [6.45, 7) is 2.05. The minimum atomic E-state index is -0.682. The Hall–Kier alpha value is -2.18. The van der Waals surface area contributed by atoms with Crippen LogP contribution in [-0.2, 0) is 6.42 Å². The molecule has 4 heteroatoms. The van der Waals surface area contributed by atoms with Crippen LogP contribution in [0.1, 0.15) is 55.7 Å². The van der Waals surface area contributed by atoms with Gasteiger partial charge in [0.2, 0.25) is 0 Å². The van der Waals surface area contributed by atoms with Crippen molar-refractivity contribution < 1.29 is 13.2 Å². The molecule has 2 aromatic rings. The van der Waals surface area contributed by atoms with Crippen LogP contribution >= 0.6 is 11.6 Å². The minimum absolute atomic E-state index is 0.0208. The summed E-state index contributed by atoms with van der Waals surface area (Å²) in [6.07, 6.45) is 10.7. The van der Waals surface area contributed by atoms with E-state index in [9.17, 15) is 13.2 Å². The molecule has 1 aliphatic rings. The van der Waals surface area contributed by atoms with Gasteiger partial charge in [0.1, 0.15) is 17.5 Å². The zero-order valence-electron chi connectivity index (χ0n) is 16.5. The van der Waals surface area contributed by atoms with Gasteiger partial charge in [-0.05, 0) is 93.2 Å². The van der Waals surface area contributed by atoms with E-state index in [1.165, 1.54) is 49.9 Å². The third kappa shape index (κ3) is 5.90. The van der Waals surface area contributed by atoms with E-state index in [-0.39, 0.29) is 10.6 Å². The van der Waals surface area contributed by atoms with Crippen LogP contribution < -0.4 is 0 Å². The summed E-state index contributed by atoms with van der Waals surface area (Å²) in [5.74, 6) is 4.38. The van der Waals surface area contributed by atoms with Crippen LogP contribution in [0.4, 0.5) is 13.2 Å². The first-order valence-corrected chi connectivity index (χ1v) is 10.4. The molecule has 0 atom stereocenters. The lowest BCUT2D eigenvalue weighted by Gasteiger charge is -2.26. The second-order valence-corrected chi connectivity index (χ2v) is 8.07. The van der Waals surface area contributed by atoms with Crippen molar-refractivity contribution in [2.75, 3.05) is 0 Å². The number of allylic oxidation sites excluding steroid dienone is 2. The summed E-state index contributed by atoms with van der Waals surface area (Å²) in [6, 6.07) is 6.74. The molecule has 2 aromatic carbocycles. The largest absolute Gasteiger partial charge is 0.206 e. The molecule has 0 heterocycles. The summed E-state index contributed by atoms with van der Waals surface area (Å²) in [7, 11) is 0. The molecule has 3 rings (SSSR count). The van der Waals surface area contributed by atoms with Crippen molar-refractivity contribution in [3.63, 3.8) is 0 Å². The number of halogens is 4. The molecular formula is C25H24ClF3. The topological polar surface area (TPSA) is 0 Å². The van der Waals surface area contributed by atoms with Crippen molar-refractivity contribution in [2.24, 2.45) is 11.8 Å². The normalized spacial score (nSPS) is 19.2. The van der Waals surface area contributed by atoms with E-state index in [0.29, 0.717) is 29.4 Å². The maximum absolute atomic E-state index is 14.4. The number of hydrogen-bond acceptors (Lipinski definition) is 0. The highest BCUT2D eigenvalue weighted by Crippen LogP contribution is 2.32. The molecule has 0 spiro atoms. The standard InChI is InChI=1S/C25H24ClF3/c1-2-3-17-4-6-18(7-5-17)8-9-20-15-23(27)21(24(28)16-20)12-10-19-11-13-22(26)25(29)14-19/h2-3,11,13-18H,4-9H2,1H3/t17-,18-. The van der Waals surface area contributed by atoms with E-state index in [1.807, 2.05) is 0 Å². The molecule has 0 unspecified atom stereocenters. The van der Waals surface area contributed by atoms with E-state index in [0.717, 1.165) is 12.5 Å². The van der Waals surface area contributed by atoms with E-state index >= 15 is 0 Å². The minimum Gasteiger partial charge on any atom is -0.206 e. The molecule has 0 aliphatic heterocycles. The highest BCUT2D eigenvalue weighted by molar-refractivity contribution is 6.30. The van der Waals surface area contributed by atoms with Gasteiger partial charge in [-0.25, -0.2) is 13.2 Å². The highest BCUT2D eigenvalue weighted by atomic mass is 35.5. The number of rotatable bonds is 4. The van der Waals surface area contributed by atoms with Crippen LogP contribution in [0.15, 0.2) is 42.5 Å². The van der Waals surface area contributed by atoms with Crippen molar-refractivity contribution in [2.45, 2.75) is 45.4 Å². The predicted molar refractivity (Wildman–Crippen MR) is 112 cm³/mol. The molecule has 1 fully saturated rings. The van der Waals surface area contributed by atoms with Crippen molar-refractivity contribution in [1.82, 2.24) is 0 Å². The Labute approximate surface area is 175 Å². The first-order chi connectivity index (χ1) is 14.0. The molecular weight excluding hydrogens is 393 g/mol. The average Bonchev–Trinajstić information content (AvgIpc) is 2.70. The van der Waals surface area contributed by atoms with Crippen molar-refractivity contribution in [3.8, 4) is 11.8 Å². The zero-order valence-corrected chi connectivity index (χ0v) is 17.2. The quantitative estimate of drug-likeness (QED) is 0.358. The average molecular weight is 417 g/mol. The molecule has 0 aromatic heterocycles. The molecule has 1 aliphatic carbocycles. The van der Waals surface area contributed by atoms with Gasteiger partial charge in [-0.1, -0.05) is 35.6 Å². The van der Waals surface area contributed by atoms with Gasteiger partial charge < -0.3 is 0 Å². The molecule has 0 saturated heterocycles. The summed E-state index contributed by atoms with van der Waals surface area (Å²) >= 11 is 5.63. The number of benzene rings is 2. The molecule has 0 nitrogen and oxygen atoms in total. The smallest absolute Gasteiger partial charge is 0.143 e. The highest BCUT2D eigenvalue weighted by Gasteiger charge is 2.19. The molecule has 152 valence electrons. The fraction of sp³-hybridized carbons (Fsp3) is 0.360. The maximum Gasteiger partial charge on any atom is 0.143 e. The second-order valence-electron chi connectivity index (χ2n) is 7.66. The van der Waals surface area contributed by atoms with E-state index in [1.54, 1.807) is 0 Å². The number of aryl methyl sites for hydroxylation is 1. The Morgan fingerprint density at radius 3 is 2.28 bits per heavy atom. The maximum atomic E-state index is 14.4. The first kappa shape index (κ1) is 21.5. The van der Waals surface area contributed by atoms with E-state index < -0.39 is 17.5 Å². The van der Waals surface area contributed by atoms with Crippen LogP contribution in [0.2, 0.25) is 5.02 Å². The summed E-state index contributed by atoms with van der Waals surface area (Å²) in [4.78, 5) is 0. The van der Waals surface area contributed by atoms with Crippen molar-refractivity contribution in [3.05, 3.63) is 81.6 Å². The van der Waals surface area contributed by atoms with E-state index in [4.69, 9.17) is 11.6 Å². The molecule has 0 radical (unpaired) electrons. The van der Waals surface area contributed by atoms with Gasteiger partial charge >= 0.3 is 0 Å². The lowest BCUT2D eigenvalue weighted by molar-refractivity contribution is 0.296. The third-order valence-corrected chi connectivity index (χ3v) is 5.86. The van der Waals surface area contributed by atoms with Gasteiger partial charge in [0.25, 0.3) is 0 Å². The Morgan fingerprint density at radius 2 is 1.66 bits per heavy atom. The van der Waals surface area contributed by atoms with Crippen LogP contribution in [0, 0.1) is 41.1 Å². The van der Waals surface area contributed by atoms with E-state index in [2.05, 4.69) is 30.9 Å². The second kappa shape index (κ2) is 10.0. The van der Waals surface area contributed by atoms with Crippen molar-refractivity contribution >= 4 is 11.6 Å². The molecule has 0 N–H and O–H groups in total. The van der Waals surface area contributed by atoms with Gasteiger partial charge in [-0.15, -0.1) is 0 Å². The summed E-state index contributed by atoms with van der Waals surface area (Å²) < 4.78 is 42.3. The molecule has 29 heavy (non-hydrogen) atoms. The Balaban J connectivity index is 1.64. The molecule has 0 bridgehead atoms. The Kier molecular flexibility index (Phi) is 7.45. The van der Waals surface area contributed by atoms with Crippen LogP contribution in [0.25, 0.3) is 0 Å². The lowest BCUT2D eigenvalue weighted by Crippen LogP contribution is -2.13. The van der Waals surface area contributed by atoms with Gasteiger partial charge in [-0.2, -0.15) is 0 Å². The Morgan fingerprint density at radius 1 is 0.966 bits per heavy atom. The van der Waals surface area contributed by atoms with Gasteiger partial charge in [0, 0.05) is 5.56 Å². The first-order valence-electron chi connectivity index (χ1n) is 10.0. The summed E-state index contributed by atoms with van der Waals surface area (Å²) in [5, 5.41) is -0.0208. The molecule has 1 saturated carbocycles. The third-order valence-electron chi connectivity index (χ3n) is 5.55. The SMILES string of the molecule is CC=C[C@H]1CC[C@H](CCc2cc(F)c(C#Cc3ccc(Cl)c(F)c3)c(F)c2)CC1. The van der Waals surface area contributed by atoms with Crippen LogP contribution in [0.3, 0.4) is 0 Å². The fourth-order valence-corrected chi connectivity index (χ4v) is 4.03. The van der Waals surface area contributed by atoms with Gasteiger partial charge in [-0.3, -0.25) is 0 Å². The van der Waals surface area contributed by atoms with Gasteiger partial charge in [0.05, 0.1) is 10.6 Å². The Bertz CT molecular complexity index is 921. The predicted octanol–water partition coefficient (Wildman–Crippen LogP) is 7.47. The lowest BCUT2D eigenvalue weighted by atomic mass is 9.79.